The number of rotatable bonds is 13. The molecule has 1 unspecified atom stereocenters. The van der Waals surface area contributed by atoms with Crippen molar-refractivity contribution < 1.29 is 38.9 Å². The van der Waals surface area contributed by atoms with Gasteiger partial charge in [-0.05, 0) is 73.6 Å². The third-order valence-electron chi connectivity index (χ3n) is 5.36. The van der Waals surface area contributed by atoms with Gasteiger partial charge in [0.15, 0.2) is 0 Å². The molecule has 0 aromatic heterocycles. The normalized spacial score (nSPS) is 15.1. The fourth-order valence-electron chi connectivity index (χ4n) is 3.65. The molecule has 3 atom stereocenters. The largest absolute Gasteiger partial charge is 0.480 e. The van der Waals surface area contributed by atoms with Crippen LogP contribution in [-0.2, 0) is 19.1 Å². The van der Waals surface area contributed by atoms with Crippen molar-refractivity contribution in [1.82, 2.24) is 21.1 Å². The van der Waals surface area contributed by atoms with Gasteiger partial charge in [-0.3, -0.25) is 14.9 Å². The zero-order valence-corrected chi connectivity index (χ0v) is 25.8. The molecule has 0 aromatic rings. The summed E-state index contributed by atoms with van der Waals surface area (Å²) < 4.78 is 10.5. The fourth-order valence-corrected chi connectivity index (χ4v) is 3.65. The van der Waals surface area contributed by atoms with E-state index in [9.17, 15) is 29.4 Å². The van der Waals surface area contributed by atoms with Crippen molar-refractivity contribution in [1.29, 1.82) is 0 Å². The molecule has 0 saturated heterocycles. The zero-order chi connectivity index (χ0) is 30.9. The fraction of sp³-hybridized carbons (Fsp3) is 0.852. The highest BCUT2D eigenvalue weighted by Gasteiger charge is 2.44. The molecule has 3 amide bonds. The van der Waals surface area contributed by atoms with Gasteiger partial charge in [-0.2, -0.15) is 0 Å². The number of carboxylic acid groups (broad SMARTS) is 1. The second-order valence-electron chi connectivity index (χ2n) is 13.3. The molecule has 228 valence electrons. The van der Waals surface area contributed by atoms with Gasteiger partial charge in [0.1, 0.15) is 17.2 Å². The average Bonchev–Trinajstić information content (AvgIpc) is 2.67. The minimum Gasteiger partial charge on any atom is -0.480 e. The molecule has 0 aliphatic rings. The third-order valence-corrected chi connectivity index (χ3v) is 5.36. The number of nitrogens with one attached hydrogen (secondary N) is 3. The highest BCUT2D eigenvalue weighted by Crippen LogP contribution is 2.23. The summed E-state index contributed by atoms with van der Waals surface area (Å²) >= 11 is 0. The van der Waals surface area contributed by atoms with Crippen molar-refractivity contribution in [3.8, 4) is 0 Å². The third kappa shape index (κ3) is 15.1. The molecule has 39 heavy (non-hydrogen) atoms. The first kappa shape index (κ1) is 36.6. The molecule has 0 aromatic carbocycles. The number of amides is 3. The molecule has 0 bridgehead atoms. The number of carbonyl (C=O) groups excluding carboxylic acids is 3. The van der Waals surface area contributed by atoms with Gasteiger partial charge in [-0.15, -0.1) is 0 Å². The van der Waals surface area contributed by atoms with Crippen molar-refractivity contribution >= 4 is 24.1 Å². The number of nitrogens with zero attached hydrogens (tertiary/aromatic N) is 1. The van der Waals surface area contributed by atoms with E-state index in [1.165, 1.54) is 18.9 Å². The van der Waals surface area contributed by atoms with Crippen molar-refractivity contribution in [2.24, 2.45) is 17.3 Å². The van der Waals surface area contributed by atoms with Crippen LogP contribution < -0.4 is 16.1 Å². The summed E-state index contributed by atoms with van der Waals surface area (Å²) in [5.41, 5.74) is -0.291. The van der Waals surface area contributed by atoms with Gasteiger partial charge >= 0.3 is 18.2 Å². The molecule has 0 saturated carbocycles. The van der Waals surface area contributed by atoms with E-state index in [0.29, 0.717) is 13.0 Å². The summed E-state index contributed by atoms with van der Waals surface area (Å²) in [4.78, 5) is 49.8. The van der Waals surface area contributed by atoms with Crippen molar-refractivity contribution in [2.45, 2.75) is 119 Å². The van der Waals surface area contributed by atoms with Crippen LogP contribution in [0.2, 0.25) is 0 Å². The summed E-state index contributed by atoms with van der Waals surface area (Å²) in [6.07, 6.45) is -2.30. The summed E-state index contributed by atoms with van der Waals surface area (Å²) in [6.45, 7) is 20.9. The molecular weight excluding hydrogens is 508 g/mol. The Hall–Kier alpha value is -2.44. The van der Waals surface area contributed by atoms with Crippen LogP contribution in [-0.4, -0.2) is 81.8 Å². The van der Waals surface area contributed by atoms with Crippen LogP contribution in [0.3, 0.4) is 0 Å². The second kappa shape index (κ2) is 14.8. The van der Waals surface area contributed by atoms with E-state index in [0.717, 1.165) is 0 Å². The average molecular weight is 561 g/mol. The monoisotopic (exact) mass is 560 g/mol. The summed E-state index contributed by atoms with van der Waals surface area (Å²) in [5, 5.41) is 27.5. The van der Waals surface area contributed by atoms with Crippen LogP contribution in [0, 0.1) is 17.3 Å². The number of hydrazine groups is 1. The Labute approximate surface area is 233 Å². The number of imide groups is 1. The summed E-state index contributed by atoms with van der Waals surface area (Å²) in [6, 6.07) is -2.14. The molecule has 0 aliphatic carbocycles. The lowest BCUT2D eigenvalue weighted by atomic mass is 9.83. The first-order valence-electron chi connectivity index (χ1n) is 13.4. The number of hydrogen-bond donors (Lipinski definition) is 5. The van der Waals surface area contributed by atoms with Gasteiger partial charge in [-0.1, -0.05) is 27.7 Å². The van der Waals surface area contributed by atoms with Crippen LogP contribution in [0.15, 0.2) is 0 Å². The van der Waals surface area contributed by atoms with Gasteiger partial charge in [0.25, 0.3) is 0 Å². The van der Waals surface area contributed by atoms with E-state index >= 15 is 0 Å². The number of aliphatic hydroxyl groups is 1. The molecule has 0 rings (SSSR count). The lowest BCUT2D eigenvalue weighted by molar-refractivity contribution is -0.151. The van der Waals surface area contributed by atoms with Crippen molar-refractivity contribution in [3.05, 3.63) is 0 Å². The van der Waals surface area contributed by atoms with E-state index in [1.807, 2.05) is 27.7 Å². The van der Waals surface area contributed by atoms with Gasteiger partial charge < -0.3 is 25.0 Å². The van der Waals surface area contributed by atoms with E-state index in [1.54, 1.807) is 41.5 Å². The number of carboxylic acids is 1. The van der Waals surface area contributed by atoms with E-state index in [4.69, 9.17) is 9.47 Å². The maximum Gasteiger partial charge on any atom is 0.414 e. The van der Waals surface area contributed by atoms with Crippen LogP contribution in [0.25, 0.3) is 0 Å². The van der Waals surface area contributed by atoms with E-state index < -0.39 is 58.9 Å². The van der Waals surface area contributed by atoms with Gasteiger partial charge in [0.2, 0.25) is 5.91 Å². The standard InChI is InChI=1S/C27H52N4O8/c1-16(2)13-18(28-23(36)38-25(5,6)7)19(32)15-31(14-17(3)4)30-20(21(33)34)27(11,12)22(35)29-24(37)39-26(8,9)10/h16-20,30,32H,13-15H2,1-12H3,(H,28,36)(H,33,34)(H,29,35,37)/t18-,19?,20+/m0/s1. The molecule has 5 N–H and O–H groups in total. The van der Waals surface area contributed by atoms with Crippen LogP contribution in [0.5, 0.6) is 0 Å². The predicted octanol–water partition coefficient (Wildman–Crippen LogP) is 3.28. The summed E-state index contributed by atoms with van der Waals surface area (Å²) in [5.74, 6) is -1.98. The number of aliphatic hydroxyl groups excluding tert-OH is 1. The number of hydrogen-bond acceptors (Lipinski definition) is 9. The van der Waals surface area contributed by atoms with Crippen LogP contribution >= 0.6 is 0 Å². The van der Waals surface area contributed by atoms with Gasteiger partial charge in [-0.25, -0.2) is 20.0 Å². The van der Waals surface area contributed by atoms with E-state index in [-0.39, 0.29) is 18.4 Å². The quantitative estimate of drug-likeness (QED) is 0.211. The smallest absolute Gasteiger partial charge is 0.414 e. The predicted molar refractivity (Wildman–Crippen MR) is 148 cm³/mol. The van der Waals surface area contributed by atoms with Gasteiger partial charge in [0.05, 0.1) is 17.6 Å². The van der Waals surface area contributed by atoms with Crippen molar-refractivity contribution in [3.63, 3.8) is 0 Å². The molecule has 0 heterocycles. The number of carbonyl (C=O) groups is 4. The molecular formula is C27H52N4O8. The lowest BCUT2D eigenvalue weighted by Gasteiger charge is -2.37. The molecule has 12 heteroatoms. The molecule has 0 radical (unpaired) electrons. The number of ether oxygens (including phenoxy) is 2. The Bertz CT molecular complexity index is 831. The maximum absolute atomic E-state index is 13.0. The molecule has 12 nitrogen and oxygen atoms in total. The topological polar surface area (TPSA) is 167 Å². The van der Waals surface area contributed by atoms with Crippen molar-refractivity contribution in [2.75, 3.05) is 13.1 Å². The highest BCUT2D eigenvalue weighted by atomic mass is 16.6. The minimum atomic E-state index is -1.60. The Kier molecular flexibility index (Phi) is 13.9. The molecule has 0 fully saturated rings. The lowest BCUT2D eigenvalue weighted by Crippen LogP contribution is -2.62. The molecule has 0 aliphatic heterocycles. The Morgan fingerprint density at radius 3 is 1.69 bits per heavy atom. The number of alkyl carbamates (subject to hydrolysis) is 2. The first-order valence-corrected chi connectivity index (χ1v) is 13.4. The SMILES string of the molecule is CC(C)C[C@H](NC(=O)OC(C)(C)C)C(O)CN(CC(C)C)N[C@H](C(=O)O)C(C)(C)C(=O)NC(=O)OC(C)(C)C. The Morgan fingerprint density at radius 1 is 0.795 bits per heavy atom. The zero-order valence-electron chi connectivity index (χ0n) is 25.8. The molecule has 0 spiro atoms. The first-order chi connectivity index (χ1) is 17.4. The minimum absolute atomic E-state index is 0.0558. The van der Waals surface area contributed by atoms with E-state index in [2.05, 4.69) is 16.1 Å². The summed E-state index contributed by atoms with van der Waals surface area (Å²) in [7, 11) is 0. The second-order valence-corrected chi connectivity index (χ2v) is 13.3. The highest BCUT2D eigenvalue weighted by molar-refractivity contribution is 5.98. The Balaban J connectivity index is 5.86. The van der Waals surface area contributed by atoms with Crippen LogP contribution in [0.1, 0.15) is 89.5 Å². The maximum atomic E-state index is 13.0. The Morgan fingerprint density at radius 2 is 1.28 bits per heavy atom. The number of aliphatic carboxylic acids is 1. The van der Waals surface area contributed by atoms with Crippen LogP contribution in [0.4, 0.5) is 9.59 Å². The van der Waals surface area contributed by atoms with Gasteiger partial charge in [0, 0.05) is 13.1 Å².